The molecule has 0 saturated heterocycles. The number of hydrogen-bond donors (Lipinski definition) is 1. The molecule has 0 bridgehead atoms. The van der Waals surface area contributed by atoms with E-state index in [9.17, 15) is 0 Å². The van der Waals surface area contributed by atoms with Crippen LogP contribution in [0, 0.1) is 11.7 Å². The van der Waals surface area contributed by atoms with Gasteiger partial charge >= 0.3 is 0 Å². The molecule has 0 aromatic carbocycles. The van der Waals surface area contributed by atoms with Crippen LogP contribution in [0.25, 0.3) is 0 Å². The van der Waals surface area contributed by atoms with Crippen LogP contribution in [0.3, 0.4) is 0 Å². The van der Waals surface area contributed by atoms with Crippen LogP contribution < -0.4 is 0 Å². The van der Waals surface area contributed by atoms with Gasteiger partial charge in [0.05, 0.1) is 0 Å². The third-order valence-electron chi connectivity index (χ3n) is 3.10. The molecule has 0 saturated carbocycles. The fourth-order valence-corrected chi connectivity index (χ4v) is 1.94. The Kier molecular flexibility index (Phi) is 5.22. The number of aryl methyl sites for hydroxylation is 1. The van der Waals surface area contributed by atoms with Crippen molar-refractivity contribution in [3.05, 3.63) is 16.7 Å². The minimum Gasteiger partial charge on any atom is -0.337 e. The van der Waals surface area contributed by atoms with Crippen molar-refractivity contribution in [1.29, 1.82) is 0 Å². The first-order valence-electron chi connectivity index (χ1n) is 5.97. The van der Waals surface area contributed by atoms with Gasteiger partial charge in [-0.2, -0.15) is 0 Å². The Morgan fingerprint density at radius 2 is 2.12 bits per heavy atom. The molecule has 0 radical (unpaired) electrons. The number of aromatic nitrogens is 2. The molecule has 0 aliphatic carbocycles. The van der Waals surface area contributed by atoms with Gasteiger partial charge in [0, 0.05) is 24.5 Å². The number of imidazole rings is 1. The molecule has 1 aromatic heterocycles. The number of nitrogens with zero attached hydrogens (tertiary/aromatic N) is 2. The van der Waals surface area contributed by atoms with E-state index in [1.807, 2.05) is 6.20 Å². The molecule has 1 N–H and O–H groups in total. The first-order chi connectivity index (χ1) is 7.52. The van der Waals surface area contributed by atoms with Crippen molar-refractivity contribution >= 4 is 12.2 Å². The molecule has 92 valence electrons. The number of rotatable bonds is 6. The lowest BCUT2D eigenvalue weighted by molar-refractivity contribution is 0.266. The summed E-state index contributed by atoms with van der Waals surface area (Å²) in [5, 5.41) is 0. The lowest BCUT2D eigenvalue weighted by Crippen LogP contribution is -2.27. The largest absolute Gasteiger partial charge is 0.337 e. The number of unbranched alkanes of at least 4 members (excludes halogenated alkanes) is 1. The summed E-state index contributed by atoms with van der Waals surface area (Å²) in [5.74, 6) is 0. The quantitative estimate of drug-likeness (QED) is 0.611. The lowest BCUT2D eigenvalue weighted by atomic mass is 10.2. The maximum atomic E-state index is 5.21. The van der Waals surface area contributed by atoms with Crippen molar-refractivity contribution in [3.63, 3.8) is 0 Å². The first-order valence-corrected chi connectivity index (χ1v) is 6.38. The van der Waals surface area contributed by atoms with Gasteiger partial charge in [0.1, 0.15) is 0 Å². The van der Waals surface area contributed by atoms with E-state index in [-0.39, 0.29) is 0 Å². The van der Waals surface area contributed by atoms with Crippen molar-refractivity contribution in [2.75, 3.05) is 13.6 Å². The number of aromatic amines is 1. The van der Waals surface area contributed by atoms with Crippen molar-refractivity contribution in [1.82, 2.24) is 14.5 Å². The number of H-pyrrole nitrogens is 1. The Bertz CT molecular complexity index is 365. The highest BCUT2D eigenvalue weighted by Crippen LogP contribution is 2.04. The highest BCUT2D eigenvalue weighted by molar-refractivity contribution is 7.71. The highest BCUT2D eigenvalue weighted by atomic mass is 32.1. The number of hydrogen-bond acceptors (Lipinski definition) is 2. The van der Waals surface area contributed by atoms with Gasteiger partial charge < -0.3 is 14.5 Å². The molecule has 1 heterocycles. The summed E-state index contributed by atoms with van der Waals surface area (Å²) in [7, 11) is 2.18. The molecule has 16 heavy (non-hydrogen) atoms. The summed E-state index contributed by atoms with van der Waals surface area (Å²) in [6.07, 6.45) is 4.38. The zero-order chi connectivity index (χ0) is 12.1. The Hall–Kier alpha value is -0.610. The molecule has 1 rings (SSSR count). The molecule has 1 aromatic rings. The minimum absolute atomic E-state index is 0.635. The number of nitrogens with one attached hydrogen (secondary N) is 1. The van der Waals surface area contributed by atoms with Crippen LogP contribution in [0.4, 0.5) is 0 Å². The normalized spacial score (nSPS) is 11.6. The van der Waals surface area contributed by atoms with Crippen LogP contribution in [0.1, 0.15) is 32.4 Å². The fraction of sp³-hybridized carbons (Fsp3) is 0.750. The molecule has 0 fully saturated rings. The van der Waals surface area contributed by atoms with Crippen molar-refractivity contribution in [2.45, 2.75) is 46.2 Å². The zero-order valence-corrected chi connectivity index (χ0v) is 11.6. The SMILES string of the molecule is Cc1c[nH]c(=S)n1CCCCN(C)C(C)C. The minimum atomic E-state index is 0.635. The topological polar surface area (TPSA) is 24.0 Å². The van der Waals surface area contributed by atoms with Gasteiger partial charge in [-0.05, 0) is 59.4 Å². The summed E-state index contributed by atoms with van der Waals surface area (Å²) in [4.78, 5) is 5.45. The average Bonchev–Trinajstić information content (AvgIpc) is 2.54. The molecule has 3 nitrogen and oxygen atoms in total. The molecule has 0 aliphatic heterocycles. The Morgan fingerprint density at radius 3 is 2.62 bits per heavy atom. The van der Waals surface area contributed by atoms with E-state index in [0.717, 1.165) is 17.9 Å². The maximum absolute atomic E-state index is 5.21. The molecular formula is C12H23N3S. The Labute approximate surface area is 103 Å². The van der Waals surface area contributed by atoms with Crippen LogP contribution >= 0.6 is 12.2 Å². The Morgan fingerprint density at radius 1 is 1.44 bits per heavy atom. The standard InChI is InChI=1S/C12H23N3S/c1-10(2)14(4)7-5-6-8-15-11(3)9-13-12(15)16/h9-10H,5-8H2,1-4H3,(H,13,16). The lowest BCUT2D eigenvalue weighted by Gasteiger charge is -2.20. The van der Waals surface area contributed by atoms with Gasteiger partial charge in [-0.25, -0.2) is 0 Å². The monoisotopic (exact) mass is 241 g/mol. The van der Waals surface area contributed by atoms with Gasteiger partial charge in [-0.15, -0.1) is 0 Å². The van der Waals surface area contributed by atoms with Crippen molar-refractivity contribution < 1.29 is 0 Å². The van der Waals surface area contributed by atoms with Gasteiger partial charge in [-0.1, -0.05) is 0 Å². The molecule has 0 amide bonds. The van der Waals surface area contributed by atoms with E-state index >= 15 is 0 Å². The molecule has 0 atom stereocenters. The molecule has 0 aliphatic rings. The van der Waals surface area contributed by atoms with Crippen LogP contribution in [0.2, 0.25) is 0 Å². The molecule has 0 unspecified atom stereocenters. The van der Waals surface area contributed by atoms with E-state index in [0.29, 0.717) is 6.04 Å². The summed E-state index contributed by atoms with van der Waals surface area (Å²) < 4.78 is 3.01. The summed E-state index contributed by atoms with van der Waals surface area (Å²) >= 11 is 5.21. The second-order valence-electron chi connectivity index (χ2n) is 4.67. The smallest absolute Gasteiger partial charge is 0.177 e. The van der Waals surface area contributed by atoms with E-state index in [2.05, 4.69) is 42.3 Å². The zero-order valence-electron chi connectivity index (χ0n) is 10.8. The summed E-state index contributed by atoms with van der Waals surface area (Å²) in [5.41, 5.74) is 1.22. The van der Waals surface area contributed by atoms with Crippen LogP contribution in [-0.2, 0) is 6.54 Å². The third kappa shape index (κ3) is 3.76. The predicted octanol–water partition coefficient (Wildman–Crippen LogP) is 2.97. The third-order valence-corrected chi connectivity index (χ3v) is 3.44. The van der Waals surface area contributed by atoms with Crippen molar-refractivity contribution in [2.24, 2.45) is 0 Å². The van der Waals surface area contributed by atoms with Gasteiger partial charge in [0.25, 0.3) is 0 Å². The average molecular weight is 241 g/mol. The van der Waals surface area contributed by atoms with Crippen LogP contribution in [0.15, 0.2) is 6.20 Å². The fourth-order valence-electron chi connectivity index (χ4n) is 1.65. The molecular weight excluding hydrogens is 218 g/mol. The van der Waals surface area contributed by atoms with Crippen LogP contribution in [-0.4, -0.2) is 34.1 Å². The molecule has 0 spiro atoms. The van der Waals surface area contributed by atoms with E-state index in [1.54, 1.807) is 0 Å². The van der Waals surface area contributed by atoms with Gasteiger partial charge in [0.2, 0.25) is 0 Å². The predicted molar refractivity (Wildman–Crippen MR) is 71.4 cm³/mol. The van der Waals surface area contributed by atoms with Crippen LogP contribution in [0.5, 0.6) is 0 Å². The summed E-state index contributed by atoms with van der Waals surface area (Å²) in [6, 6.07) is 0.635. The Balaban J connectivity index is 2.29. The second kappa shape index (κ2) is 6.21. The summed E-state index contributed by atoms with van der Waals surface area (Å²) in [6.45, 7) is 8.74. The van der Waals surface area contributed by atoms with E-state index in [4.69, 9.17) is 12.2 Å². The first kappa shape index (κ1) is 13.5. The maximum Gasteiger partial charge on any atom is 0.177 e. The van der Waals surface area contributed by atoms with Crippen molar-refractivity contribution in [3.8, 4) is 0 Å². The van der Waals surface area contributed by atoms with Gasteiger partial charge in [0.15, 0.2) is 4.77 Å². The van der Waals surface area contributed by atoms with Gasteiger partial charge in [-0.3, -0.25) is 0 Å². The molecule has 4 heteroatoms. The van der Waals surface area contributed by atoms with E-state index in [1.165, 1.54) is 18.5 Å². The second-order valence-corrected chi connectivity index (χ2v) is 5.06. The van der Waals surface area contributed by atoms with E-state index < -0.39 is 0 Å². The highest BCUT2D eigenvalue weighted by Gasteiger charge is 2.03.